The Morgan fingerprint density at radius 1 is 1.22 bits per heavy atom. The smallest absolute Gasteiger partial charge is 0.336 e. The molecule has 140 valence electrons. The van der Waals surface area contributed by atoms with Crippen LogP contribution in [0, 0.1) is 13.8 Å². The van der Waals surface area contributed by atoms with Gasteiger partial charge in [-0.15, -0.1) is 11.3 Å². The lowest BCUT2D eigenvalue weighted by atomic mass is 10.1. The molecule has 0 bridgehead atoms. The molecule has 0 aliphatic heterocycles. The molecule has 0 atom stereocenters. The maximum atomic E-state index is 12.3. The summed E-state index contributed by atoms with van der Waals surface area (Å²) in [6, 6.07) is 6.81. The van der Waals surface area contributed by atoms with Crippen molar-refractivity contribution in [1.29, 1.82) is 0 Å². The van der Waals surface area contributed by atoms with Crippen molar-refractivity contribution in [2.24, 2.45) is 0 Å². The maximum absolute atomic E-state index is 12.3. The van der Waals surface area contributed by atoms with Gasteiger partial charge in [-0.25, -0.2) is 4.79 Å². The summed E-state index contributed by atoms with van der Waals surface area (Å²) in [6.45, 7) is 5.87. The van der Waals surface area contributed by atoms with E-state index < -0.39 is 5.63 Å². The van der Waals surface area contributed by atoms with Crippen molar-refractivity contribution in [3.8, 4) is 0 Å². The number of nitrogens with one attached hydrogen (secondary N) is 3. The number of fused-ring (bicyclic) bond motifs is 1. The second-order valence-electron chi connectivity index (χ2n) is 6.03. The van der Waals surface area contributed by atoms with Gasteiger partial charge < -0.3 is 9.73 Å². The van der Waals surface area contributed by atoms with Crippen molar-refractivity contribution >= 4 is 51.2 Å². The minimum Gasteiger partial charge on any atom is -0.423 e. The molecule has 1 amide bonds. The first-order valence-electron chi connectivity index (χ1n) is 8.38. The lowest BCUT2D eigenvalue weighted by Gasteiger charge is -2.12. The zero-order valence-corrected chi connectivity index (χ0v) is 16.8. The zero-order chi connectivity index (χ0) is 19.6. The summed E-state index contributed by atoms with van der Waals surface area (Å²) in [5.41, 5.74) is 8.55. The van der Waals surface area contributed by atoms with Crippen LogP contribution in [-0.2, 0) is 6.42 Å². The first-order chi connectivity index (χ1) is 12.9. The number of thiocarbonyl (C=S) groups is 1. The fourth-order valence-electron chi connectivity index (χ4n) is 2.86. The maximum Gasteiger partial charge on any atom is 0.336 e. The fourth-order valence-corrected chi connectivity index (χ4v) is 3.96. The van der Waals surface area contributed by atoms with Crippen LogP contribution in [0.25, 0.3) is 11.0 Å². The number of carbonyl (C=O) groups excluding carboxylic acids is 1. The van der Waals surface area contributed by atoms with Crippen molar-refractivity contribution in [2.75, 3.05) is 5.32 Å². The van der Waals surface area contributed by atoms with Gasteiger partial charge in [-0.1, -0.05) is 6.92 Å². The van der Waals surface area contributed by atoms with E-state index in [9.17, 15) is 9.59 Å². The zero-order valence-electron chi connectivity index (χ0n) is 15.1. The molecule has 0 saturated carbocycles. The summed E-state index contributed by atoms with van der Waals surface area (Å²) in [5, 5.41) is 5.88. The number of amides is 1. The Labute approximate surface area is 165 Å². The lowest BCUT2D eigenvalue weighted by Crippen LogP contribution is -2.43. The average molecular weight is 402 g/mol. The minimum absolute atomic E-state index is 0.225. The molecule has 0 fully saturated rings. The summed E-state index contributed by atoms with van der Waals surface area (Å²) in [7, 11) is 0. The van der Waals surface area contributed by atoms with E-state index in [-0.39, 0.29) is 11.0 Å². The molecule has 2 aromatic heterocycles. The number of thiophene rings is 1. The van der Waals surface area contributed by atoms with Crippen LogP contribution in [0.15, 0.2) is 38.9 Å². The van der Waals surface area contributed by atoms with Gasteiger partial charge in [0.2, 0.25) is 0 Å². The molecule has 0 radical (unpaired) electrons. The molecule has 1 aromatic carbocycles. The van der Waals surface area contributed by atoms with Gasteiger partial charge in [0.05, 0.1) is 5.56 Å². The van der Waals surface area contributed by atoms with Gasteiger partial charge in [-0.05, 0) is 55.7 Å². The topological polar surface area (TPSA) is 83.4 Å². The van der Waals surface area contributed by atoms with Crippen LogP contribution in [0.2, 0.25) is 0 Å². The first-order valence-corrected chi connectivity index (χ1v) is 9.66. The van der Waals surface area contributed by atoms with Crippen LogP contribution in [0.1, 0.15) is 33.3 Å². The van der Waals surface area contributed by atoms with Gasteiger partial charge in [0.25, 0.3) is 5.91 Å². The van der Waals surface area contributed by atoms with Crippen LogP contribution in [0.4, 0.5) is 5.69 Å². The van der Waals surface area contributed by atoms with Crippen LogP contribution in [-0.4, -0.2) is 11.0 Å². The van der Waals surface area contributed by atoms with Gasteiger partial charge in [0.15, 0.2) is 5.11 Å². The number of carbonyl (C=O) groups is 1. The van der Waals surface area contributed by atoms with Crippen molar-refractivity contribution < 1.29 is 9.21 Å². The van der Waals surface area contributed by atoms with Crippen molar-refractivity contribution in [3.05, 3.63) is 61.6 Å². The summed E-state index contributed by atoms with van der Waals surface area (Å²) in [4.78, 5) is 25.0. The molecular formula is C19H19N3O3S2. The predicted molar refractivity (Wildman–Crippen MR) is 112 cm³/mol. The molecule has 6 nitrogen and oxygen atoms in total. The van der Waals surface area contributed by atoms with Crippen molar-refractivity contribution in [3.63, 3.8) is 0 Å². The number of aryl methyl sites for hydroxylation is 2. The van der Waals surface area contributed by atoms with E-state index in [2.05, 4.69) is 16.2 Å². The van der Waals surface area contributed by atoms with Crippen molar-refractivity contribution in [2.45, 2.75) is 27.2 Å². The van der Waals surface area contributed by atoms with Gasteiger partial charge in [0.1, 0.15) is 5.58 Å². The number of hydrazine groups is 1. The molecule has 2 heterocycles. The normalized spacial score (nSPS) is 10.6. The van der Waals surface area contributed by atoms with Gasteiger partial charge in [0, 0.05) is 33.5 Å². The first kappa shape index (κ1) is 19.1. The molecule has 0 spiro atoms. The summed E-state index contributed by atoms with van der Waals surface area (Å²) < 4.78 is 5.22. The Hall–Kier alpha value is -2.71. The highest BCUT2D eigenvalue weighted by Crippen LogP contribution is 2.22. The number of hydrogen-bond donors (Lipinski definition) is 3. The Morgan fingerprint density at radius 3 is 2.74 bits per heavy atom. The van der Waals surface area contributed by atoms with Crippen LogP contribution >= 0.6 is 23.6 Å². The van der Waals surface area contributed by atoms with Crippen molar-refractivity contribution in [1.82, 2.24) is 10.9 Å². The van der Waals surface area contributed by atoms with E-state index in [4.69, 9.17) is 16.6 Å². The highest BCUT2D eigenvalue weighted by molar-refractivity contribution is 7.80. The molecule has 0 unspecified atom stereocenters. The highest BCUT2D eigenvalue weighted by atomic mass is 32.1. The molecule has 3 N–H and O–H groups in total. The number of benzene rings is 1. The van der Waals surface area contributed by atoms with Gasteiger partial charge in [-0.2, -0.15) is 0 Å². The third kappa shape index (κ3) is 4.17. The molecular weight excluding hydrogens is 382 g/mol. The van der Waals surface area contributed by atoms with E-state index in [1.807, 2.05) is 38.3 Å². The van der Waals surface area contributed by atoms with Crippen LogP contribution < -0.4 is 21.8 Å². The van der Waals surface area contributed by atoms with E-state index in [1.165, 1.54) is 6.07 Å². The third-order valence-corrected chi connectivity index (χ3v) is 5.36. The Balaban J connectivity index is 1.66. The standard InChI is InChI=1S/C19H19N3O3S2/c1-4-13-11(3)27-9-15(13)18(24)21-22-19(26)20-12-5-6-14-10(2)7-17(23)25-16(14)8-12/h5-9H,4H2,1-3H3,(H,21,24)(H2,20,22,26). The Kier molecular flexibility index (Phi) is 5.57. The second-order valence-corrected chi connectivity index (χ2v) is 7.52. The Bertz CT molecular complexity index is 1090. The summed E-state index contributed by atoms with van der Waals surface area (Å²) in [6.07, 6.45) is 0.794. The van der Waals surface area contributed by atoms with Crippen LogP contribution in [0.5, 0.6) is 0 Å². The van der Waals surface area contributed by atoms with Gasteiger partial charge >= 0.3 is 5.63 Å². The second kappa shape index (κ2) is 7.89. The molecule has 3 rings (SSSR count). The Morgan fingerprint density at radius 2 is 2.00 bits per heavy atom. The monoisotopic (exact) mass is 401 g/mol. The van der Waals surface area contributed by atoms with E-state index in [0.717, 1.165) is 27.8 Å². The number of rotatable bonds is 3. The predicted octanol–water partition coefficient (Wildman–Crippen LogP) is 3.67. The lowest BCUT2D eigenvalue weighted by molar-refractivity contribution is 0.0943. The molecule has 0 aliphatic rings. The molecule has 3 aromatic rings. The van der Waals surface area contributed by atoms with Gasteiger partial charge in [-0.3, -0.25) is 15.6 Å². The SMILES string of the molecule is CCc1c(C(=O)NNC(=S)Nc2ccc3c(C)cc(=O)oc3c2)csc1C. The van der Waals surface area contributed by atoms with E-state index in [1.54, 1.807) is 17.4 Å². The molecule has 8 heteroatoms. The quantitative estimate of drug-likeness (QED) is 0.353. The molecule has 0 aliphatic carbocycles. The molecule has 0 saturated heterocycles. The summed E-state index contributed by atoms with van der Waals surface area (Å²) in [5.74, 6) is -0.236. The van der Waals surface area contributed by atoms with E-state index in [0.29, 0.717) is 16.8 Å². The third-order valence-electron chi connectivity index (χ3n) is 4.20. The average Bonchev–Trinajstić information content (AvgIpc) is 2.99. The number of hydrogen-bond acceptors (Lipinski definition) is 5. The largest absolute Gasteiger partial charge is 0.423 e. The minimum atomic E-state index is -0.400. The fraction of sp³-hybridized carbons (Fsp3) is 0.211. The number of anilines is 1. The summed E-state index contributed by atoms with van der Waals surface area (Å²) >= 11 is 6.77. The highest BCUT2D eigenvalue weighted by Gasteiger charge is 2.14. The van der Waals surface area contributed by atoms with Crippen LogP contribution in [0.3, 0.4) is 0 Å². The van der Waals surface area contributed by atoms with E-state index >= 15 is 0 Å². The molecule has 27 heavy (non-hydrogen) atoms.